The molecule has 1 aliphatic heterocycles. The third-order valence-corrected chi connectivity index (χ3v) is 7.27. The van der Waals surface area contributed by atoms with Crippen LogP contribution in [0.5, 0.6) is 5.75 Å². The molecule has 0 radical (unpaired) electrons. The number of hydrogen-bond donors (Lipinski definition) is 2. The van der Waals surface area contributed by atoms with Crippen LogP contribution in [0.1, 0.15) is 27.5 Å². The Morgan fingerprint density at radius 1 is 1.06 bits per heavy atom. The van der Waals surface area contributed by atoms with Crippen LogP contribution >= 0.6 is 0 Å². The predicted molar refractivity (Wildman–Crippen MR) is 122 cm³/mol. The van der Waals surface area contributed by atoms with E-state index in [-0.39, 0.29) is 35.1 Å². The number of aromatic hydroxyl groups is 1. The van der Waals surface area contributed by atoms with Crippen molar-refractivity contribution >= 4 is 27.8 Å². The van der Waals surface area contributed by atoms with Crippen LogP contribution in [0.15, 0.2) is 83.4 Å². The minimum atomic E-state index is -3.98. The van der Waals surface area contributed by atoms with E-state index in [9.17, 15) is 23.1 Å². The second-order valence-corrected chi connectivity index (χ2v) is 9.56. The summed E-state index contributed by atoms with van der Waals surface area (Å²) in [6.45, 7) is -0.188. The minimum absolute atomic E-state index is 0.0107. The van der Waals surface area contributed by atoms with Crippen molar-refractivity contribution in [2.45, 2.75) is 10.8 Å². The Hall–Kier alpha value is -3.82. The third kappa shape index (κ3) is 4.69. The van der Waals surface area contributed by atoms with E-state index in [1.807, 2.05) is 0 Å². The fourth-order valence-corrected chi connectivity index (χ4v) is 5.12. The smallest absolute Gasteiger partial charge is 0.248 e. The zero-order valence-electron chi connectivity index (χ0n) is 17.5. The number of hydrogen-bond acceptors (Lipinski definition) is 6. The largest absolute Gasteiger partial charge is 0.508 e. The summed E-state index contributed by atoms with van der Waals surface area (Å²) in [5.74, 6) is -1.57. The molecule has 8 nitrogen and oxygen atoms in total. The molecular formula is C24H21N3O5S. The molecule has 2 heterocycles. The van der Waals surface area contributed by atoms with Gasteiger partial charge >= 0.3 is 0 Å². The molecule has 2 aromatic carbocycles. The normalized spacial score (nSPS) is 18.4. The topological polar surface area (TPSA) is 131 Å². The van der Waals surface area contributed by atoms with Crippen molar-refractivity contribution in [2.24, 2.45) is 5.73 Å². The van der Waals surface area contributed by atoms with E-state index in [0.29, 0.717) is 16.8 Å². The molecule has 1 atom stereocenters. The number of pyridine rings is 1. The molecule has 0 bridgehead atoms. The van der Waals surface area contributed by atoms with Crippen LogP contribution < -0.4 is 5.73 Å². The molecule has 1 aromatic heterocycles. The van der Waals surface area contributed by atoms with Crippen molar-refractivity contribution in [1.82, 2.24) is 9.29 Å². The number of primary amides is 1. The fraction of sp³-hybridized carbons (Fsp3) is 0.125. The van der Waals surface area contributed by atoms with Gasteiger partial charge in [-0.2, -0.15) is 4.31 Å². The third-order valence-electron chi connectivity index (χ3n) is 5.45. The van der Waals surface area contributed by atoms with Gasteiger partial charge in [-0.25, -0.2) is 8.42 Å². The van der Waals surface area contributed by atoms with Crippen LogP contribution in [0.4, 0.5) is 0 Å². The van der Waals surface area contributed by atoms with Gasteiger partial charge in [-0.05, 0) is 60.2 Å². The highest BCUT2D eigenvalue weighted by Gasteiger charge is 2.38. The Morgan fingerprint density at radius 2 is 1.76 bits per heavy atom. The number of carbonyl (C=O) groups excluding carboxylic acids is 2. The summed E-state index contributed by atoms with van der Waals surface area (Å²) in [5, 5.41) is 9.62. The van der Waals surface area contributed by atoms with Gasteiger partial charge in [0.1, 0.15) is 5.75 Å². The molecule has 0 spiro atoms. The van der Waals surface area contributed by atoms with E-state index in [1.165, 1.54) is 40.7 Å². The maximum Gasteiger partial charge on any atom is 0.248 e. The highest BCUT2D eigenvalue weighted by molar-refractivity contribution is 7.89. The van der Waals surface area contributed by atoms with E-state index in [1.54, 1.807) is 42.6 Å². The summed E-state index contributed by atoms with van der Waals surface area (Å²) in [7, 11) is -3.98. The lowest BCUT2D eigenvalue weighted by molar-refractivity contribution is -0.118. The Morgan fingerprint density at radius 3 is 2.36 bits per heavy atom. The van der Waals surface area contributed by atoms with E-state index < -0.39 is 21.8 Å². The summed E-state index contributed by atoms with van der Waals surface area (Å²) in [6.07, 6.45) is 3.18. The average molecular weight is 464 g/mol. The van der Waals surface area contributed by atoms with Crippen molar-refractivity contribution in [3.63, 3.8) is 0 Å². The molecule has 3 N–H and O–H groups in total. The average Bonchev–Trinajstić information content (AvgIpc) is 2.81. The maximum atomic E-state index is 13.4. The summed E-state index contributed by atoms with van der Waals surface area (Å²) in [4.78, 5) is 28.9. The lowest BCUT2D eigenvalue weighted by Crippen LogP contribution is -2.44. The summed E-state index contributed by atoms with van der Waals surface area (Å²) >= 11 is 0. The van der Waals surface area contributed by atoms with Gasteiger partial charge in [0.15, 0.2) is 5.78 Å². The number of phenolic OH excluding ortho intramolecular Hbond substituents is 1. The molecule has 168 valence electrons. The number of sulfonamides is 1. The number of phenols is 1. The lowest BCUT2D eigenvalue weighted by Gasteiger charge is -2.33. The molecule has 9 heteroatoms. The van der Waals surface area contributed by atoms with Gasteiger partial charge in [-0.15, -0.1) is 0 Å². The van der Waals surface area contributed by atoms with Crippen LogP contribution in [0.25, 0.3) is 6.08 Å². The fourth-order valence-electron chi connectivity index (χ4n) is 3.69. The van der Waals surface area contributed by atoms with Crippen LogP contribution in [0.3, 0.4) is 0 Å². The van der Waals surface area contributed by atoms with Gasteiger partial charge in [0.05, 0.1) is 16.5 Å². The van der Waals surface area contributed by atoms with Gasteiger partial charge in [-0.3, -0.25) is 14.6 Å². The molecule has 1 amide bonds. The number of rotatable bonds is 5. The number of carbonyl (C=O) groups is 2. The molecular weight excluding hydrogens is 442 g/mol. The standard InChI is InChI=1S/C24H21N3O5S/c25-24(30)17-6-10-21(11-7-17)33(31,32)27-14-18(13-19-3-1-2-12-26-19)23(29)22(15-27)16-4-8-20(28)9-5-16/h1-13,22,28H,14-15H2,(H2,25,30). The number of piperidine rings is 1. The number of nitrogens with zero attached hydrogens (tertiary/aromatic N) is 2. The van der Waals surface area contributed by atoms with E-state index in [0.717, 1.165) is 0 Å². The number of aromatic nitrogens is 1. The first-order valence-corrected chi connectivity index (χ1v) is 11.5. The molecule has 0 saturated carbocycles. The van der Waals surface area contributed by atoms with Crippen molar-refractivity contribution in [2.75, 3.05) is 13.1 Å². The molecule has 1 unspecified atom stereocenters. The van der Waals surface area contributed by atoms with Gasteiger partial charge in [0.25, 0.3) is 0 Å². The summed E-state index contributed by atoms with van der Waals surface area (Å²) in [6, 6.07) is 16.7. The number of ketones is 1. The predicted octanol–water partition coefficient (Wildman–Crippen LogP) is 2.33. The highest BCUT2D eigenvalue weighted by Crippen LogP contribution is 2.32. The SMILES string of the molecule is NC(=O)c1ccc(S(=O)(=O)N2CC(=Cc3ccccn3)C(=O)C(c3ccc(O)cc3)C2)cc1. The van der Waals surface area contributed by atoms with Crippen LogP contribution in [-0.4, -0.2) is 47.6 Å². The zero-order valence-corrected chi connectivity index (χ0v) is 18.3. The molecule has 1 fully saturated rings. The summed E-state index contributed by atoms with van der Waals surface area (Å²) < 4.78 is 28.1. The summed E-state index contributed by atoms with van der Waals surface area (Å²) in [5.41, 5.74) is 6.87. The van der Waals surface area contributed by atoms with Crippen molar-refractivity contribution in [3.8, 4) is 5.75 Å². The molecule has 1 aliphatic rings. The first-order valence-electron chi connectivity index (χ1n) is 10.1. The molecule has 1 saturated heterocycles. The first kappa shape index (κ1) is 22.4. The van der Waals surface area contributed by atoms with Gasteiger partial charge < -0.3 is 10.8 Å². The molecule has 33 heavy (non-hydrogen) atoms. The van der Waals surface area contributed by atoms with Crippen LogP contribution in [0, 0.1) is 0 Å². The lowest BCUT2D eigenvalue weighted by atomic mass is 9.87. The molecule has 3 aromatic rings. The number of nitrogens with two attached hydrogens (primary N) is 1. The molecule has 0 aliphatic carbocycles. The Bertz CT molecular complexity index is 1320. The van der Waals surface area contributed by atoms with E-state index in [4.69, 9.17) is 5.73 Å². The van der Waals surface area contributed by atoms with Crippen molar-refractivity contribution in [3.05, 3.63) is 95.3 Å². The molecule has 4 rings (SSSR count). The number of Topliss-reactive ketones (excluding diaryl/α,β-unsaturated/α-hetero) is 1. The zero-order chi connectivity index (χ0) is 23.6. The quantitative estimate of drug-likeness (QED) is 0.559. The van der Waals surface area contributed by atoms with Gasteiger partial charge in [0, 0.05) is 30.4 Å². The van der Waals surface area contributed by atoms with Crippen molar-refractivity contribution < 1.29 is 23.1 Å². The van der Waals surface area contributed by atoms with Crippen LogP contribution in [-0.2, 0) is 14.8 Å². The van der Waals surface area contributed by atoms with E-state index in [2.05, 4.69) is 4.98 Å². The highest BCUT2D eigenvalue weighted by atomic mass is 32.2. The minimum Gasteiger partial charge on any atom is -0.508 e. The van der Waals surface area contributed by atoms with E-state index >= 15 is 0 Å². The Balaban J connectivity index is 1.75. The Kier molecular flexibility index (Phi) is 6.08. The van der Waals surface area contributed by atoms with Gasteiger partial charge in [0.2, 0.25) is 15.9 Å². The Labute approximate surface area is 191 Å². The van der Waals surface area contributed by atoms with Crippen molar-refractivity contribution in [1.29, 1.82) is 0 Å². The second kappa shape index (κ2) is 8.97. The van der Waals surface area contributed by atoms with Gasteiger partial charge in [-0.1, -0.05) is 18.2 Å². The second-order valence-electron chi connectivity index (χ2n) is 7.62. The first-order chi connectivity index (χ1) is 15.8. The number of amides is 1. The van der Waals surface area contributed by atoms with Crippen LogP contribution in [0.2, 0.25) is 0 Å². The maximum absolute atomic E-state index is 13.4. The monoisotopic (exact) mass is 463 g/mol. The number of benzene rings is 2.